The fourth-order valence-corrected chi connectivity index (χ4v) is 3.10. The average Bonchev–Trinajstić information content (AvgIpc) is 2.73. The maximum Gasteiger partial charge on any atom is 0.278 e. The Hall–Kier alpha value is -2.65. The molecule has 130 valence electrons. The molecule has 0 heterocycles. The Labute approximate surface area is 160 Å². The van der Waals surface area contributed by atoms with Crippen molar-refractivity contribution in [2.45, 2.75) is 6.92 Å². The molecular weight excluding hydrogens is 374 g/mol. The highest BCUT2D eigenvalue weighted by Crippen LogP contribution is 2.36. The van der Waals surface area contributed by atoms with Crippen LogP contribution in [0.3, 0.4) is 0 Å². The van der Waals surface area contributed by atoms with Crippen LogP contribution in [0, 0.1) is 0 Å². The van der Waals surface area contributed by atoms with Crippen LogP contribution in [-0.4, -0.2) is 11.7 Å². The van der Waals surface area contributed by atoms with Crippen molar-refractivity contribution in [3.63, 3.8) is 0 Å². The topological polar surface area (TPSA) is 55.4 Å². The Kier molecular flexibility index (Phi) is 5.10. The van der Waals surface area contributed by atoms with E-state index >= 15 is 0 Å². The number of aliphatic imine (C=N–C) groups is 1. The molecule has 2 aromatic rings. The molecule has 0 unspecified atom stereocenters. The number of allylic oxidation sites excluding steroid dienone is 2. The Balaban J connectivity index is 2.22. The van der Waals surface area contributed by atoms with Crippen molar-refractivity contribution in [1.82, 2.24) is 0 Å². The minimum absolute atomic E-state index is 0.146. The Morgan fingerprint density at radius 1 is 1.12 bits per heavy atom. The molecule has 1 aliphatic rings. The van der Waals surface area contributed by atoms with Gasteiger partial charge in [-0.25, -0.2) is 4.39 Å². The van der Waals surface area contributed by atoms with Gasteiger partial charge in [0, 0.05) is 32.8 Å². The van der Waals surface area contributed by atoms with E-state index in [2.05, 4.69) is 10.7 Å². The van der Waals surface area contributed by atoms with Crippen LogP contribution in [0.1, 0.15) is 34.0 Å². The summed E-state index contributed by atoms with van der Waals surface area (Å²) in [5.74, 6) is -0.801. The Morgan fingerprint density at radius 2 is 1.85 bits per heavy atom. The molecule has 6 heteroatoms. The lowest BCUT2D eigenvalue weighted by Crippen LogP contribution is -2.09. The average molecular weight is 387 g/mol. The van der Waals surface area contributed by atoms with Crippen molar-refractivity contribution < 1.29 is 9.18 Å². The van der Waals surface area contributed by atoms with Gasteiger partial charge < -0.3 is 5.73 Å². The van der Waals surface area contributed by atoms with Crippen LogP contribution >= 0.6 is 23.2 Å². The van der Waals surface area contributed by atoms with Crippen LogP contribution < -0.4 is 5.73 Å². The van der Waals surface area contributed by atoms with Gasteiger partial charge in [-0.1, -0.05) is 35.3 Å². The van der Waals surface area contributed by atoms with Crippen molar-refractivity contribution in [3.05, 3.63) is 86.6 Å². The molecule has 3 rings (SSSR count). The predicted octanol–water partition coefficient (Wildman–Crippen LogP) is 5.42. The standard InChI is InChI=1S/C20H13Cl2FN2O/c1-11(24)25-20(26)12-5-7-16-17(9-12)14(3-2-4-19(16)23)15-8-6-13(21)10-18(15)22/h2,4-10H,1H3,(H2,24,25,26). The van der Waals surface area contributed by atoms with Crippen molar-refractivity contribution in [2.24, 2.45) is 10.7 Å². The third kappa shape index (κ3) is 3.63. The summed E-state index contributed by atoms with van der Waals surface area (Å²) in [5, 5.41) is 0.882. The first-order chi connectivity index (χ1) is 12.4. The molecule has 3 nitrogen and oxygen atoms in total. The van der Waals surface area contributed by atoms with Gasteiger partial charge >= 0.3 is 0 Å². The number of nitrogens with zero attached hydrogens (tertiary/aromatic N) is 1. The minimum atomic E-state index is -0.507. The number of rotatable bonds is 2. The Bertz CT molecular complexity index is 1040. The van der Waals surface area contributed by atoms with E-state index in [-0.39, 0.29) is 11.4 Å². The fraction of sp³-hybridized carbons (Fsp3) is 0.0500. The van der Waals surface area contributed by atoms with Gasteiger partial charge in [0.25, 0.3) is 5.91 Å². The molecule has 2 aromatic carbocycles. The highest BCUT2D eigenvalue weighted by atomic mass is 35.5. The number of amidine groups is 1. The lowest BCUT2D eigenvalue weighted by Gasteiger charge is -2.13. The number of hydrogen-bond donors (Lipinski definition) is 1. The summed E-state index contributed by atoms with van der Waals surface area (Å²) >= 11 is 12.3. The van der Waals surface area contributed by atoms with Gasteiger partial charge in [-0.15, -0.1) is 5.73 Å². The molecule has 1 aliphatic carbocycles. The minimum Gasteiger partial charge on any atom is -0.387 e. The van der Waals surface area contributed by atoms with Crippen molar-refractivity contribution in [3.8, 4) is 0 Å². The highest BCUT2D eigenvalue weighted by molar-refractivity contribution is 6.36. The lowest BCUT2D eigenvalue weighted by atomic mass is 9.92. The zero-order chi connectivity index (χ0) is 18.8. The van der Waals surface area contributed by atoms with Gasteiger partial charge in [-0.2, -0.15) is 4.99 Å². The van der Waals surface area contributed by atoms with Gasteiger partial charge in [0.2, 0.25) is 0 Å². The van der Waals surface area contributed by atoms with Gasteiger partial charge in [-0.05, 0) is 43.3 Å². The molecule has 0 saturated carbocycles. The first-order valence-electron chi connectivity index (χ1n) is 7.64. The normalized spacial score (nSPS) is 13.6. The maximum atomic E-state index is 14.4. The van der Waals surface area contributed by atoms with E-state index in [0.717, 1.165) is 0 Å². The number of carbonyl (C=O) groups excluding carboxylic acids is 1. The zero-order valence-corrected chi connectivity index (χ0v) is 15.2. The first-order valence-corrected chi connectivity index (χ1v) is 8.40. The summed E-state index contributed by atoms with van der Waals surface area (Å²) in [6.45, 7) is 1.52. The van der Waals surface area contributed by atoms with E-state index in [0.29, 0.717) is 32.3 Å². The van der Waals surface area contributed by atoms with E-state index in [1.165, 1.54) is 31.2 Å². The van der Waals surface area contributed by atoms with E-state index in [1.807, 2.05) is 0 Å². The second-order valence-electron chi connectivity index (χ2n) is 5.64. The summed E-state index contributed by atoms with van der Waals surface area (Å²) in [5.41, 5.74) is 10.8. The van der Waals surface area contributed by atoms with Crippen LogP contribution in [0.25, 0.3) is 11.4 Å². The summed E-state index contributed by atoms with van der Waals surface area (Å²) in [4.78, 5) is 15.9. The molecule has 0 radical (unpaired) electrons. The molecule has 0 saturated heterocycles. The first kappa shape index (κ1) is 18.2. The third-order valence-corrected chi connectivity index (χ3v) is 4.28. The van der Waals surface area contributed by atoms with Crippen LogP contribution in [0.4, 0.5) is 4.39 Å². The number of nitrogens with two attached hydrogens (primary N) is 1. The van der Waals surface area contributed by atoms with Crippen molar-refractivity contribution in [1.29, 1.82) is 0 Å². The van der Waals surface area contributed by atoms with Crippen molar-refractivity contribution in [2.75, 3.05) is 0 Å². The van der Waals surface area contributed by atoms with Crippen LogP contribution in [0.2, 0.25) is 10.0 Å². The van der Waals surface area contributed by atoms with E-state index < -0.39 is 11.7 Å². The van der Waals surface area contributed by atoms with E-state index in [1.54, 1.807) is 24.3 Å². The van der Waals surface area contributed by atoms with E-state index in [9.17, 15) is 9.18 Å². The van der Waals surface area contributed by atoms with Crippen LogP contribution in [0.15, 0.2) is 59.3 Å². The van der Waals surface area contributed by atoms with Crippen LogP contribution in [-0.2, 0) is 0 Å². The molecule has 0 aromatic heterocycles. The number of amides is 1. The molecule has 1 amide bonds. The predicted molar refractivity (Wildman–Crippen MR) is 104 cm³/mol. The van der Waals surface area contributed by atoms with Crippen molar-refractivity contribution >= 4 is 46.3 Å². The number of halogens is 3. The molecule has 2 N–H and O–H groups in total. The van der Waals surface area contributed by atoms with Gasteiger partial charge in [0.1, 0.15) is 11.7 Å². The number of fused-ring (bicyclic) bond motifs is 1. The number of carbonyl (C=O) groups is 1. The quantitative estimate of drug-likeness (QED) is 0.425. The lowest BCUT2D eigenvalue weighted by molar-refractivity contribution is 0.100. The molecule has 0 fully saturated rings. The molecule has 0 atom stereocenters. The second kappa shape index (κ2) is 7.30. The van der Waals surface area contributed by atoms with Gasteiger partial charge in [0.05, 0.1) is 5.02 Å². The monoisotopic (exact) mass is 386 g/mol. The molecular formula is C20H13Cl2FN2O. The summed E-state index contributed by atoms with van der Waals surface area (Å²) in [7, 11) is 0. The third-order valence-electron chi connectivity index (χ3n) is 3.73. The van der Waals surface area contributed by atoms with Crippen LogP contribution in [0.5, 0.6) is 0 Å². The molecule has 0 spiro atoms. The second-order valence-corrected chi connectivity index (χ2v) is 6.49. The molecule has 0 aliphatic heterocycles. The molecule has 0 bridgehead atoms. The summed E-state index contributed by atoms with van der Waals surface area (Å²) in [6.07, 6.45) is 2.78. The smallest absolute Gasteiger partial charge is 0.278 e. The zero-order valence-electron chi connectivity index (χ0n) is 13.7. The molecule has 26 heavy (non-hydrogen) atoms. The largest absolute Gasteiger partial charge is 0.387 e. The number of hydrogen-bond acceptors (Lipinski definition) is 1. The summed E-state index contributed by atoms with van der Waals surface area (Å²) < 4.78 is 14.4. The van der Waals surface area contributed by atoms with E-state index in [4.69, 9.17) is 28.9 Å². The SMILES string of the molecule is C/C(N)=N\C(=O)c1ccc2c(c1)C(c1ccc(Cl)cc1Cl)=C=CC=C2F. The maximum absolute atomic E-state index is 14.4. The van der Waals surface area contributed by atoms with Gasteiger partial charge in [-0.3, -0.25) is 4.79 Å². The Morgan fingerprint density at radius 3 is 2.54 bits per heavy atom. The highest BCUT2D eigenvalue weighted by Gasteiger charge is 2.19. The number of benzene rings is 2. The fourth-order valence-electron chi connectivity index (χ4n) is 2.60. The summed E-state index contributed by atoms with van der Waals surface area (Å²) in [6, 6.07) is 9.60. The van der Waals surface area contributed by atoms with Gasteiger partial charge in [0.15, 0.2) is 0 Å².